The fourth-order valence-corrected chi connectivity index (χ4v) is 5.96. The number of carboxylic acids is 1. The van der Waals surface area contributed by atoms with Crippen LogP contribution in [0.15, 0.2) is 96.4 Å². The first kappa shape index (κ1) is 28.1. The van der Waals surface area contributed by atoms with Crippen LogP contribution >= 0.6 is 11.3 Å². The summed E-state index contributed by atoms with van der Waals surface area (Å²) in [5.41, 5.74) is 5.42. The molecule has 2 atom stereocenters. The highest BCUT2D eigenvalue weighted by molar-refractivity contribution is 7.10. The third-order valence-corrected chi connectivity index (χ3v) is 8.04. The number of amides is 2. The second kappa shape index (κ2) is 12.8. The first-order chi connectivity index (χ1) is 19.9. The van der Waals surface area contributed by atoms with E-state index in [0.717, 1.165) is 27.8 Å². The molecule has 4 aromatic rings. The van der Waals surface area contributed by atoms with Crippen molar-refractivity contribution in [2.24, 2.45) is 0 Å². The number of hydrogen-bond donors (Lipinski definition) is 3. The monoisotopic (exact) mass is 569 g/mol. The Morgan fingerprint density at radius 1 is 0.878 bits per heavy atom. The van der Waals surface area contributed by atoms with Crippen LogP contribution in [0.1, 0.15) is 33.5 Å². The van der Waals surface area contributed by atoms with Crippen molar-refractivity contribution >= 4 is 29.3 Å². The molecule has 2 unspecified atom stereocenters. The van der Waals surface area contributed by atoms with Crippen molar-refractivity contribution in [2.45, 2.75) is 24.5 Å². The highest BCUT2D eigenvalue weighted by Crippen LogP contribution is 2.44. The lowest BCUT2D eigenvalue weighted by Gasteiger charge is -2.24. The number of carbonyl (C=O) groups is 3. The average molecular weight is 570 g/mol. The number of alkyl carbamates (subject to hydrolysis) is 1. The molecule has 1 aliphatic rings. The quantitative estimate of drug-likeness (QED) is 0.234. The SMILES string of the molecule is CN(Cc1ccccc1)CC(NC(=O)C(NC(=O)OCC1c2ccccc2-c2ccccc21)c1cccs1)C(=O)O. The molecule has 0 saturated heterocycles. The Kier molecular flexibility index (Phi) is 8.76. The molecule has 8 nitrogen and oxygen atoms in total. The number of carboxylic acid groups (broad SMARTS) is 1. The number of rotatable bonds is 11. The zero-order valence-electron chi connectivity index (χ0n) is 22.5. The predicted octanol–water partition coefficient (Wildman–Crippen LogP) is 5.03. The van der Waals surface area contributed by atoms with Crippen LogP contribution in [-0.2, 0) is 20.9 Å². The Balaban J connectivity index is 1.24. The molecule has 9 heteroatoms. The van der Waals surface area contributed by atoms with Crippen molar-refractivity contribution in [1.29, 1.82) is 0 Å². The van der Waals surface area contributed by atoms with Crippen LogP contribution in [0.4, 0.5) is 4.79 Å². The van der Waals surface area contributed by atoms with Gasteiger partial charge in [-0.25, -0.2) is 9.59 Å². The summed E-state index contributed by atoms with van der Waals surface area (Å²) in [7, 11) is 1.79. The molecule has 0 bridgehead atoms. The first-order valence-electron chi connectivity index (χ1n) is 13.3. The van der Waals surface area contributed by atoms with E-state index in [-0.39, 0.29) is 19.1 Å². The van der Waals surface area contributed by atoms with Crippen molar-refractivity contribution in [3.63, 3.8) is 0 Å². The second-order valence-corrected chi connectivity index (χ2v) is 11.0. The van der Waals surface area contributed by atoms with E-state index in [4.69, 9.17) is 4.74 Å². The molecule has 0 aliphatic heterocycles. The average Bonchev–Trinajstić information content (AvgIpc) is 3.62. The summed E-state index contributed by atoms with van der Waals surface area (Å²) in [6.07, 6.45) is -0.756. The van der Waals surface area contributed by atoms with Crippen LogP contribution < -0.4 is 10.6 Å². The van der Waals surface area contributed by atoms with Gasteiger partial charge < -0.3 is 20.5 Å². The summed E-state index contributed by atoms with van der Waals surface area (Å²) >= 11 is 1.29. The minimum atomic E-state index is -1.18. The van der Waals surface area contributed by atoms with E-state index >= 15 is 0 Å². The number of nitrogens with zero attached hydrogens (tertiary/aromatic N) is 1. The number of benzene rings is 3. The van der Waals surface area contributed by atoms with Crippen LogP contribution in [0.5, 0.6) is 0 Å². The maximum atomic E-state index is 13.4. The Labute approximate surface area is 242 Å². The third kappa shape index (κ3) is 6.65. The highest BCUT2D eigenvalue weighted by atomic mass is 32.1. The molecule has 0 spiro atoms. The van der Waals surface area contributed by atoms with Crippen molar-refractivity contribution in [2.75, 3.05) is 20.2 Å². The number of hydrogen-bond acceptors (Lipinski definition) is 6. The van der Waals surface area contributed by atoms with Crippen molar-refractivity contribution < 1.29 is 24.2 Å². The lowest BCUT2D eigenvalue weighted by molar-refractivity contribution is -0.142. The van der Waals surface area contributed by atoms with Crippen LogP contribution in [0.25, 0.3) is 11.1 Å². The number of thiophene rings is 1. The van der Waals surface area contributed by atoms with Crippen molar-refractivity contribution in [3.8, 4) is 11.1 Å². The molecule has 0 fully saturated rings. The molecule has 2 amide bonds. The zero-order chi connectivity index (χ0) is 28.8. The van der Waals surface area contributed by atoms with Gasteiger partial charge in [0.25, 0.3) is 0 Å². The molecule has 1 heterocycles. The van der Waals surface area contributed by atoms with E-state index < -0.39 is 30.1 Å². The van der Waals surface area contributed by atoms with Crippen molar-refractivity contribution in [1.82, 2.24) is 15.5 Å². The summed E-state index contributed by atoms with van der Waals surface area (Å²) in [6.45, 7) is 0.700. The van der Waals surface area contributed by atoms with Gasteiger partial charge in [-0.05, 0) is 46.3 Å². The highest BCUT2D eigenvalue weighted by Gasteiger charge is 2.32. The van der Waals surface area contributed by atoms with Gasteiger partial charge in [-0.3, -0.25) is 9.69 Å². The van der Waals surface area contributed by atoms with Gasteiger partial charge in [-0.15, -0.1) is 11.3 Å². The number of ether oxygens (including phenoxy) is 1. The van der Waals surface area contributed by atoms with Crippen LogP contribution in [0, 0.1) is 0 Å². The van der Waals surface area contributed by atoms with Crippen molar-refractivity contribution in [3.05, 3.63) is 118 Å². The maximum absolute atomic E-state index is 13.4. The minimum absolute atomic E-state index is 0.0814. The molecular weight excluding hydrogens is 538 g/mol. The molecule has 41 heavy (non-hydrogen) atoms. The van der Waals surface area contributed by atoms with Crippen LogP contribution in [0.3, 0.4) is 0 Å². The molecule has 210 valence electrons. The topological polar surface area (TPSA) is 108 Å². The van der Waals surface area contributed by atoms with Crippen LogP contribution in [0.2, 0.25) is 0 Å². The maximum Gasteiger partial charge on any atom is 0.408 e. The van der Waals surface area contributed by atoms with E-state index in [1.807, 2.05) is 71.6 Å². The van der Waals surface area contributed by atoms with E-state index in [2.05, 4.69) is 22.8 Å². The van der Waals surface area contributed by atoms with Gasteiger partial charge in [-0.1, -0.05) is 84.9 Å². The summed E-state index contributed by atoms with van der Waals surface area (Å²) in [4.78, 5) is 40.8. The van der Waals surface area contributed by atoms with Gasteiger partial charge >= 0.3 is 12.1 Å². The summed E-state index contributed by atoms with van der Waals surface area (Å²) in [5, 5.41) is 16.9. The number of aliphatic carboxylic acids is 1. The largest absolute Gasteiger partial charge is 0.480 e. The third-order valence-electron chi connectivity index (χ3n) is 7.10. The number of nitrogens with one attached hydrogen (secondary N) is 2. The Morgan fingerprint density at radius 3 is 2.12 bits per heavy atom. The van der Waals surface area contributed by atoms with E-state index in [1.54, 1.807) is 24.6 Å². The fourth-order valence-electron chi connectivity index (χ4n) is 5.19. The van der Waals surface area contributed by atoms with E-state index in [9.17, 15) is 19.5 Å². The van der Waals surface area contributed by atoms with Crippen LogP contribution in [-0.4, -0.2) is 54.2 Å². The summed E-state index contributed by atoms with van der Waals surface area (Å²) < 4.78 is 5.65. The first-order valence-corrected chi connectivity index (χ1v) is 14.2. The molecule has 3 aromatic carbocycles. The Bertz CT molecular complexity index is 1460. The number of fused-ring (bicyclic) bond motifs is 3. The van der Waals surface area contributed by atoms with E-state index in [0.29, 0.717) is 11.4 Å². The summed E-state index contributed by atoms with van der Waals surface area (Å²) in [6, 6.07) is 26.9. The lowest BCUT2D eigenvalue weighted by atomic mass is 9.98. The lowest BCUT2D eigenvalue weighted by Crippen LogP contribution is -2.51. The molecule has 0 radical (unpaired) electrons. The zero-order valence-corrected chi connectivity index (χ0v) is 23.3. The normalized spacial score (nSPS) is 13.6. The molecular formula is C32H31N3O5S. The Hall–Kier alpha value is -4.47. The molecule has 3 N–H and O–H groups in total. The van der Waals surface area contributed by atoms with Gasteiger partial charge in [-0.2, -0.15) is 0 Å². The van der Waals surface area contributed by atoms with Gasteiger partial charge in [0.1, 0.15) is 18.7 Å². The molecule has 1 aromatic heterocycles. The number of carbonyl (C=O) groups excluding carboxylic acids is 2. The minimum Gasteiger partial charge on any atom is -0.480 e. The number of likely N-dealkylation sites (N-methyl/N-ethyl adjacent to an activating group) is 1. The van der Waals surface area contributed by atoms with Gasteiger partial charge in [0.15, 0.2) is 0 Å². The molecule has 1 aliphatic carbocycles. The molecule has 5 rings (SSSR count). The second-order valence-electron chi connectivity index (χ2n) is 10.0. The van der Waals surface area contributed by atoms with Gasteiger partial charge in [0, 0.05) is 23.9 Å². The standard InChI is InChI=1S/C32H31N3O5S/c1-35(18-21-10-3-2-4-11-21)19-27(31(37)38)33-30(36)29(28-16-9-17-41-28)34-32(39)40-20-26-24-14-7-5-12-22(24)23-13-6-8-15-25(23)26/h2-17,26-27,29H,18-20H2,1H3,(H,33,36)(H,34,39)(H,37,38). The molecule has 0 saturated carbocycles. The summed E-state index contributed by atoms with van der Waals surface area (Å²) in [5.74, 6) is -1.91. The fraction of sp³-hybridized carbons (Fsp3) is 0.219. The Morgan fingerprint density at radius 2 is 1.51 bits per heavy atom. The smallest absolute Gasteiger partial charge is 0.408 e. The predicted molar refractivity (Wildman–Crippen MR) is 158 cm³/mol. The van der Waals surface area contributed by atoms with Gasteiger partial charge in [0.05, 0.1) is 0 Å². The van der Waals surface area contributed by atoms with E-state index in [1.165, 1.54) is 11.3 Å². The van der Waals surface area contributed by atoms with Gasteiger partial charge in [0.2, 0.25) is 5.91 Å².